The highest BCUT2D eigenvalue weighted by Crippen LogP contribution is 2.25. The molecule has 0 saturated heterocycles. The fraction of sp³-hybridized carbons (Fsp3) is 0.182. The van der Waals surface area contributed by atoms with E-state index < -0.39 is 5.97 Å². The van der Waals surface area contributed by atoms with E-state index in [-0.39, 0.29) is 12.3 Å². The van der Waals surface area contributed by atoms with Crippen LogP contribution in [0.1, 0.15) is 33.2 Å². The Labute approximate surface area is 181 Å². The predicted octanol–water partition coefficient (Wildman–Crippen LogP) is 4.97. The first-order chi connectivity index (χ1) is 14.4. The number of hydrogen-bond acceptors (Lipinski definition) is 6. The van der Waals surface area contributed by atoms with Gasteiger partial charge in [0.05, 0.1) is 11.4 Å². The Bertz CT molecular complexity index is 1210. The average Bonchev–Trinajstić information content (AvgIpc) is 3.30. The van der Waals surface area contributed by atoms with Gasteiger partial charge >= 0.3 is 5.97 Å². The third kappa shape index (κ3) is 3.91. The molecule has 0 aliphatic rings. The van der Waals surface area contributed by atoms with Gasteiger partial charge in [-0.25, -0.2) is 14.5 Å². The lowest BCUT2D eigenvalue weighted by Gasteiger charge is -2.04. The Morgan fingerprint density at radius 3 is 2.57 bits per heavy atom. The smallest absolute Gasteiger partial charge is 0.361 e. The van der Waals surface area contributed by atoms with Crippen molar-refractivity contribution in [3.8, 4) is 17.1 Å². The second kappa shape index (κ2) is 8.23. The zero-order chi connectivity index (χ0) is 21.3. The van der Waals surface area contributed by atoms with Crippen LogP contribution in [-0.2, 0) is 11.3 Å². The van der Waals surface area contributed by atoms with Gasteiger partial charge in [0.15, 0.2) is 5.69 Å². The van der Waals surface area contributed by atoms with Gasteiger partial charge in [0, 0.05) is 10.0 Å². The Balaban J connectivity index is 1.49. The van der Waals surface area contributed by atoms with E-state index in [0.717, 1.165) is 21.3 Å². The molecule has 0 N–H and O–H groups in total. The molecule has 7 nitrogen and oxygen atoms in total. The Kier molecular flexibility index (Phi) is 5.50. The number of carbonyl (C=O) groups excluding carboxylic acids is 1. The van der Waals surface area contributed by atoms with Crippen molar-refractivity contribution in [2.75, 3.05) is 0 Å². The summed E-state index contributed by atoms with van der Waals surface area (Å²) in [4.78, 5) is 17.1. The van der Waals surface area contributed by atoms with E-state index in [1.807, 2.05) is 55.5 Å². The zero-order valence-corrected chi connectivity index (χ0v) is 18.3. The predicted molar refractivity (Wildman–Crippen MR) is 114 cm³/mol. The van der Waals surface area contributed by atoms with Crippen LogP contribution in [0.5, 0.6) is 0 Å². The van der Waals surface area contributed by atoms with Crippen LogP contribution in [0.4, 0.5) is 0 Å². The van der Waals surface area contributed by atoms with Crippen molar-refractivity contribution in [2.45, 2.75) is 27.4 Å². The molecule has 152 valence electrons. The molecule has 0 atom stereocenters. The first-order valence-electron chi connectivity index (χ1n) is 9.31. The summed E-state index contributed by atoms with van der Waals surface area (Å²) in [6, 6.07) is 15.4. The number of aromatic nitrogens is 4. The van der Waals surface area contributed by atoms with E-state index in [9.17, 15) is 4.79 Å². The molecule has 4 aromatic rings. The third-order valence-electron chi connectivity index (χ3n) is 4.77. The van der Waals surface area contributed by atoms with E-state index in [0.29, 0.717) is 23.0 Å². The topological polar surface area (TPSA) is 83.0 Å². The molecule has 30 heavy (non-hydrogen) atoms. The molecule has 8 heteroatoms. The van der Waals surface area contributed by atoms with Crippen LogP contribution in [-0.4, -0.2) is 25.9 Å². The zero-order valence-electron chi connectivity index (χ0n) is 16.7. The van der Waals surface area contributed by atoms with Crippen LogP contribution in [0.2, 0.25) is 0 Å². The standard InChI is InChI=1S/C22H19BrN4O3/c1-13-6-4-5-7-18(13)21-24-19(15(3)30-21)12-29-22(28)20-14(2)27(26-25-20)17-10-8-16(23)9-11-17/h4-11H,12H2,1-3H3. The summed E-state index contributed by atoms with van der Waals surface area (Å²) >= 11 is 3.40. The summed E-state index contributed by atoms with van der Waals surface area (Å²) in [6.45, 7) is 5.56. The third-order valence-corrected chi connectivity index (χ3v) is 5.30. The number of ether oxygens (including phenoxy) is 1. The highest BCUT2D eigenvalue weighted by atomic mass is 79.9. The second-order valence-electron chi connectivity index (χ2n) is 6.82. The van der Waals surface area contributed by atoms with Crippen LogP contribution < -0.4 is 0 Å². The molecular weight excluding hydrogens is 448 g/mol. The minimum Gasteiger partial charge on any atom is -0.454 e. The fourth-order valence-electron chi connectivity index (χ4n) is 3.04. The van der Waals surface area contributed by atoms with Crippen LogP contribution in [0.3, 0.4) is 0 Å². The monoisotopic (exact) mass is 466 g/mol. The van der Waals surface area contributed by atoms with Gasteiger partial charge in [-0.3, -0.25) is 0 Å². The van der Waals surface area contributed by atoms with Gasteiger partial charge in [-0.2, -0.15) is 0 Å². The lowest BCUT2D eigenvalue weighted by Crippen LogP contribution is -2.09. The first kappa shape index (κ1) is 20.0. The maximum Gasteiger partial charge on any atom is 0.361 e. The number of rotatable bonds is 5. The molecule has 0 fully saturated rings. The van der Waals surface area contributed by atoms with Gasteiger partial charge < -0.3 is 9.15 Å². The van der Waals surface area contributed by atoms with E-state index in [1.165, 1.54) is 0 Å². The number of esters is 1. The molecule has 0 radical (unpaired) electrons. The SMILES string of the molecule is Cc1ccccc1-c1nc(COC(=O)c2nnn(-c3ccc(Br)cc3)c2C)c(C)o1. The largest absolute Gasteiger partial charge is 0.454 e. The van der Waals surface area contributed by atoms with Crippen molar-refractivity contribution in [1.29, 1.82) is 0 Å². The summed E-state index contributed by atoms with van der Waals surface area (Å²) in [5, 5.41) is 8.08. The molecule has 0 spiro atoms. The lowest BCUT2D eigenvalue weighted by atomic mass is 10.1. The molecule has 0 aliphatic heterocycles. The number of benzene rings is 2. The Morgan fingerprint density at radius 2 is 1.83 bits per heavy atom. The minimum atomic E-state index is -0.560. The molecule has 0 saturated carbocycles. The van der Waals surface area contributed by atoms with Crippen molar-refractivity contribution in [3.63, 3.8) is 0 Å². The number of nitrogens with zero attached hydrogens (tertiary/aromatic N) is 4. The summed E-state index contributed by atoms with van der Waals surface area (Å²) < 4.78 is 13.8. The van der Waals surface area contributed by atoms with Crippen LogP contribution in [0.15, 0.2) is 57.4 Å². The molecule has 0 aliphatic carbocycles. The number of aryl methyl sites for hydroxylation is 2. The summed E-state index contributed by atoms with van der Waals surface area (Å²) in [5.74, 6) is 0.556. The summed E-state index contributed by atoms with van der Waals surface area (Å²) in [5.41, 5.74) is 4.10. The van der Waals surface area contributed by atoms with Crippen molar-refractivity contribution < 1.29 is 13.9 Å². The van der Waals surface area contributed by atoms with Crippen molar-refractivity contribution in [2.24, 2.45) is 0 Å². The highest BCUT2D eigenvalue weighted by Gasteiger charge is 2.21. The number of halogens is 1. The van der Waals surface area contributed by atoms with Gasteiger partial charge in [-0.05, 0) is 56.7 Å². The maximum atomic E-state index is 12.6. The van der Waals surface area contributed by atoms with Crippen LogP contribution in [0, 0.1) is 20.8 Å². The summed E-state index contributed by atoms with van der Waals surface area (Å²) in [6.07, 6.45) is 0. The van der Waals surface area contributed by atoms with E-state index in [1.54, 1.807) is 18.5 Å². The quantitative estimate of drug-likeness (QED) is 0.386. The maximum absolute atomic E-state index is 12.6. The lowest BCUT2D eigenvalue weighted by molar-refractivity contribution is 0.0459. The molecule has 0 amide bonds. The average molecular weight is 467 g/mol. The minimum absolute atomic E-state index is 0.00929. The molecule has 2 aromatic heterocycles. The molecule has 2 aromatic carbocycles. The molecular formula is C22H19BrN4O3. The molecule has 2 heterocycles. The van der Waals surface area contributed by atoms with Gasteiger partial charge in [-0.1, -0.05) is 39.3 Å². The molecule has 4 rings (SSSR count). The second-order valence-corrected chi connectivity index (χ2v) is 7.74. The van der Waals surface area contributed by atoms with Crippen molar-refractivity contribution in [1.82, 2.24) is 20.0 Å². The fourth-order valence-corrected chi connectivity index (χ4v) is 3.30. The molecule has 0 unspecified atom stereocenters. The van der Waals surface area contributed by atoms with E-state index in [4.69, 9.17) is 9.15 Å². The van der Waals surface area contributed by atoms with Gasteiger partial charge in [0.1, 0.15) is 18.1 Å². The van der Waals surface area contributed by atoms with E-state index in [2.05, 4.69) is 31.2 Å². The van der Waals surface area contributed by atoms with Crippen molar-refractivity contribution in [3.05, 3.63) is 81.4 Å². The van der Waals surface area contributed by atoms with Gasteiger partial charge in [-0.15, -0.1) is 5.10 Å². The van der Waals surface area contributed by atoms with Crippen LogP contribution >= 0.6 is 15.9 Å². The van der Waals surface area contributed by atoms with Gasteiger partial charge in [0.2, 0.25) is 5.89 Å². The number of hydrogen-bond donors (Lipinski definition) is 0. The van der Waals surface area contributed by atoms with Gasteiger partial charge in [0.25, 0.3) is 0 Å². The Morgan fingerprint density at radius 1 is 1.10 bits per heavy atom. The highest BCUT2D eigenvalue weighted by molar-refractivity contribution is 9.10. The summed E-state index contributed by atoms with van der Waals surface area (Å²) in [7, 11) is 0. The molecule has 0 bridgehead atoms. The number of oxazole rings is 1. The Hall–Kier alpha value is -3.26. The normalized spacial score (nSPS) is 10.9. The number of carbonyl (C=O) groups is 1. The first-order valence-corrected chi connectivity index (χ1v) is 10.1. The van der Waals surface area contributed by atoms with Crippen LogP contribution in [0.25, 0.3) is 17.1 Å². The van der Waals surface area contributed by atoms with E-state index >= 15 is 0 Å². The van der Waals surface area contributed by atoms with Crippen molar-refractivity contribution >= 4 is 21.9 Å².